The zero-order valence-corrected chi connectivity index (χ0v) is 10.1. The molecule has 2 aromatic carbocycles. The number of nitriles is 1. The fourth-order valence-corrected chi connectivity index (χ4v) is 2.04. The summed E-state index contributed by atoms with van der Waals surface area (Å²) in [6.45, 7) is 0. The van der Waals surface area contributed by atoms with Crippen LogP contribution in [0.15, 0.2) is 40.9 Å². The summed E-state index contributed by atoms with van der Waals surface area (Å²) >= 11 is 3.23. The van der Waals surface area contributed by atoms with Crippen LogP contribution in [0, 0.1) is 23.0 Å². The highest BCUT2D eigenvalue weighted by Gasteiger charge is 2.10. The minimum Gasteiger partial charge on any atom is -0.207 e. The van der Waals surface area contributed by atoms with Gasteiger partial charge >= 0.3 is 0 Å². The Kier molecular flexibility index (Phi) is 3.21. The molecule has 4 heteroatoms. The highest BCUT2D eigenvalue weighted by atomic mass is 79.9. The van der Waals surface area contributed by atoms with Gasteiger partial charge in [-0.3, -0.25) is 0 Å². The third kappa shape index (κ3) is 2.34. The van der Waals surface area contributed by atoms with Crippen LogP contribution in [-0.4, -0.2) is 0 Å². The second-order valence-corrected chi connectivity index (χ2v) is 4.29. The molecule has 0 aliphatic heterocycles. The Morgan fingerprint density at radius 3 is 2.29 bits per heavy atom. The van der Waals surface area contributed by atoms with E-state index < -0.39 is 11.6 Å². The summed E-state index contributed by atoms with van der Waals surface area (Å²) in [7, 11) is 0. The monoisotopic (exact) mass is 293 g/mol. The van der Waals surface area contributed by atoms with Crippen molar-refractivity contribution in [2.75, 3.05) is 0 Å². The lowest BCUT2D eigenvalue weighted by molar-refractivity contribution is 0.584. The van der Waals surface area contributed by atoms with E-state index in [0.717, 1.165) is 6.07 Å². The molecule has 1 nitrogen and oxygen atoms in total. The molecule has 0 heterocycles. The van der Waals surface area contributed by atoms with E-state index in [1.807, 2.05) is 6.07 Å². The molecule has 0 aliphatic rings. The van der Waals surface area contributed by atoms with Crippen molar-refractivity contribution in [3.8, 4) is 17.2 Å². The number of halogens is 3. The minimum atomic E-state index is -0.663. The smallest absolute Gasteiger partial charge is 0.126 e. The molecule has 0 spiro atoms. The maximum absolute atomic E-state index is 13.1. The summed E-state index contributed by atoms with van der Waals surface area (Å²) in [5, 5.41) is 9.03. The zero-order valence-electron chi connectivity index (χ0n) is 8.55. The second-order valence-electron chi connectivity index (χ2n) is 3.43. The van der Waals surface area contributed by atoms with Crippen molar-refractivity contribution in [1.29, 1.82) is 5.26 Å². The Morgan fingerprint density at radius 2 is 1.71 bits per heavy atom. The molecule has 0 saturated carbocycles. The molecule has 0 amide bonds. The summed E-state index contributed by atoms with van der Waals surface area (Å²) in [6.07, 6.45) is 0. The SMILES string of the molecule is N#Cc1c(Br)cccc1-c1cc(F)cc(F)c1. The molecule has 0 unspecified atom stereocenters. The third-order valence-corrected chi connectivity index (χ3v) is 2.96. The molecular weight excluding hydrogens is 288 g/mol. The largest absolute Gasteiger partial charge is 0.207 e. The first kappa shape index (κ1) is 11.7. The first-order valence-corrected chi connectivity index (χ1v) is 5.56. The van der Waals surface area contributed by atoms with Gasteiger partial charge in [0.05, 0.1) is 5.56 Å². The first-order valence-electron chi connectivity index (χ1n) is 4.77. The van der Waals surface area contributed by atoms with Crippen LogP contribution in [0.5, 0.6) is 0 Å². The van der Waals surface area contributed by atoms with Gasteiger partial charge in [-0.2, -0.15) is 5.26 Å². The van der Waals surface area contributed by atoms with E-state index >= 15 is 0 Å². The van der Waals surface area contributed by atoms with Gasteiger partial charge in [0.15, 0.2) is 0 Å². The van der Waals surface area contributed by atoms with Gasteiger partial charge in [-0.25, -0.2) is 8.78 Å². The highest BCUT2D eigenvalue weighted by molar-refractivity contribution is 9.10. The standard InChI is InChI=1S/C13H6BrF2N/c14-13-3-1-2-11(12(13)7-17)8-4-9(15)6-10(16)5-8/h1-6H. The molecule has 0 N–H and O–H groups in total. The summed E-state index contributed by atoms with van der Waals surface area (Å²) in [4.78, 5) is 0. The van der Waals surface area contributed by atoms with E-state index in [4.69, 9.17) is 5.26 Å². The number of hydrogen-bond donors (Lipinski definition) is 0. The second kappa shape index (κ2) is 4.64. The van der Waals surface area contributed by atoms with Crippen molar-refractivity contribution >= 4 is 15.9 Å². The fraction of sp³-hybridized carbons (Fsp3) is 0. The normalized spacial score (nSPS) is 10.0. The van der Waals surface area contributed by atoms with Crippen LogP contribution < -0.4 is 0 Å². The summed E-state index contributed by atoms with van der Waals surface area (Å²) in [5.74, 6) is -1.33. The quantitative estimate of drug-likeness (QED) is 0.770. The molecule has 0 saturated heterocycles. The molecule has 0 radical (unpaired) electrons. The summed E-state index contributed by atoms with van der Waals surface area (Å²) in [6, 6.07) is 10.3. The molecule has 2 aromatic rings. The van der Waals surface area contributed by atoms with Crippen molar-refractivity contribution in [3.05, 3.63) is 58.1 Å². The van der Waals surface area contributed by atoms with Crippen LogP contribution >= 0.6 is 15.9 Å². The lowest BCUT2D eigenvalue weighted by atomic mass is 10.0. The molecule has 0 aromatic heterocycles. The number of hydrogen-bond acceptors (Lipinski definition) is 1. The maximum Gasteiger partial charge on any atom is 0.126 e. The van der Waals surface area contributed by atoms with E-state index in [-0.39, 0.29) is 0 Å². The van der Waals surface area contributed by atoms with E-state index in [1.165, 1.54) is 12.1 Å². The van der Waals surface area contributed by atoms with E-state index in [1.54, 1.807) is 18.2 Å². The summed E-state index contributed by atoms with van der Waals surface area (Å²) in [5.41, 5.74) is 1.21. The van der Waals surface area contributed by atoms with Crippen LogP contribution in [-0.2, 0) is 0 Å². The van der Waals surface area contributed by atoms with E-state index in [9.17, 15) is 8.78 Å². The average Bonchev–Trinajstić information content (AvgIpc) is 2.27. The minimum absolute atomic E-state index is 0.348. The molecule has 0 bridgehead atoms. The fourth-order valence-electron chi connectivity index (χ4n) is 1.59. The molecule has 0 aliphatic carbocycles. The number of rotatable bonds is 1. The average molecular weight is 294 g/mol. The zero-order chi connectivity index (χ0) is 12.4. The number of benzene rings is 2. The van der Waals surface area contributed by atoms with Gasteiger partial charge in [-0.15, -0.1) is 0 Å². The van der Waals surface area contributed by atoms with Crippen molar-refractivity contribution in [3.63, 3.8) is 0 Å². The van der Waals surface area contributed by atoms with Crippen LogP contribution in [0.4, 0.5) is 8.78 Å². The van der Waals surface area contributed by atoms with Crippen molar-refractivity contribution in [2.45, 2.75) is 0 Å². The maximum atomic E-state index is 13.1. The Labute approximate surface area is 105 Å². The van der Waals surface area contributed by atoms with Gasteiger partial charge in [0.2, 0.25) is 0 Å². The van der Waals surface area contributed by atoms with Crippen molar-refractivity contribution in [1.82, 2.24) is 0 Å². The molecule has 2 rings (SSSR count). The van der Waals surface area contributed by atoms with Crippen LogP contribution in [0.2, 0.25) is 0 Å². The van der Waals surface area contributed by atoms with Crippen molar-refractivity contribution in [2.24, 2.45) is 0 Å². The Morgan fingerprint density at radius 1 is 1.06 bits per heavy atom. The van der Waals surface area contributed by atoms with Gasteiger partial charge in [0.1, 0.15) is 17.7 Å². The third-order valence-electron chi connectivity index (χ3n) is 2.30. The lowest BCUT2D eigenvalue weighted by Gasteiger charge is -2.06. The van der Waals surface area contributed by atoms with E-state index in [2.05, 4.69) is 15.9 Å². The number of nitrogens with zero attached hydrogens (tertiary/aromatic N) is 1. The van der Waals surface area contributed by atoms with Crippen LogP contribution in [0.1, 0.15) is 5.56 Å². The van der Waals surface area contributed by atoms with Gasteiger partial charge in [-0.05, 0) is 39.7 Å². The van der Waals surface area contributed by atoms with Gasteiger partial charge in [0, 0.05) is 16.1 Å². The van der Waals surface area contributed by atoms with Crippen LogP contribution in [0.25, 0.3) is 11.1 Å². The van der Waals surface area contributed by atoms with Gasteiger partial charge in [-0.1, -0.05) is 12.1 Å². The Bertz CT molecular complexity index is 597. The Balaban J connectivity index is 2.69. The highest BCUT2D eigenvalue weighted by Crippen LogP contribution is 2.29. The van der Waals surface area contributed by atoms with Crippen molar-refractivity contribution < 1.29 is 8.78 Å². The predicted molar refractivity (Wildman–Crippen MR) is 64.2 cm³/mol. The van der Waals surface area contributed by atoms with Gasteiger partial charge < -0.3 is 0 Å². The van der Waals surface area contributed by atoms with E-state index in [0.29, 0.717) is 21.2 Å². The van der Waals surface area contributed by atoms with Gasteiger partial charge in [0.25, 0.3) is 0 Å². The molecule has 0 atom stereocenters. The topological polar surface area (TPSA) is 23.8 Å². The Hall–Kier alpha value is -1.73. The molecular formula is C13H6BrF2N. The predicted octanol–water partition coefficient (Wildman–Crippen LogP) is 4.27. The summed E-state index contributed by atoms with van der Waals surface area (Å²) < 4.78 is 26.8. The first-order chi connectivity index (χ1) is 8.11. The van der Waals surface area contributed by atoms with Crippen LogP contribution in [0.3, 0.4) is 0 Å². The molecule has 17 heavy (non-hydrogen) atoms. The molecule has 84 valence electrons. The molecule has 0 fully saturated rings. The lowest BCUT2D eigenvalue weighted by Crippen LogP contribution is -1.88.